The average molecular weight is 1250 g/mol. The molecule has 10 amide bonds. The van der Waals surface area contributed by atoms with Gasteiger partial charge in [0.25, 0.3) is 11.8 Å². The molecule has 1 aliphatic carbocycles. The van der Waals surface area contributed by atoms with Crippen LogP contribution < -0.4 is 26.7 Å². The molecule has 1 aromatic rings. The van der Waals surface area contributed by atoms with Gasteiger partial charge in [0, 0.05) is 52.4 Å². The summed E-state index contributed by atoms with van der Waals surface area (Å²) < 4.78 is 18.4. The first-order valence-electron chi connectivity index (χ1n) is 30.7. The van der Waals surface area contributed by atoms with E-state index in [2.05, 4.69) is 21.3 Å². The number of carbonyl (C=O) groups is 12. The molecule has 0 bridgehead atoms. The number of esters is 2. The number of benzene rings is 2. The Bertz CT molecular complexity index is 3410. The number of likely N-dealkylation sites (N-methyl/N-ethyl adjacent to an activating group) is 4. The minimum Gasteiger partial charge on any atom is -0.458 e. The Morgan fingerprint density at radius 1 is 0.578 bits per heavy atom. The van der Waals surface area contributed by atoms with Crippen molar-refractivity contribution in [2.24, 2.45) is 23.7 Å². The summed E-state index contributed by atoms with van der Waals surface area (Å²) in [6, 6.07) is -7.68. The number of fused-ring (bicyclic) bond motifs is 4. The fourth-order valence-corrected chi connectivity index (χ4v) is 12.5. The second-order valence-electron chi connectivity index (χ2n) is 25.8. The zero-order valence-corrected chi connectivity index (χ0v) is 54.6. The number of cyclic esters (lactones) is 2. The molecule has 4 saturated heterocycles. The number of amides is 10. The van der Waals surface area contributed by atoms with E-state index in [-0.39, 0.29) is 58.8 Å². The van der Waals surface area contributed by atoms with E-state index in [4.69, 9.17) is 18.9 Å². The van der Waals surface area contributed by atoms with E-state index < -0.39 is 179 Å². The molecule has 10 unspecified atom stereocenters. The standard InChI is InChI=1S/C63H87N11O16/c1-28(2)43-60(84)73-24-18-20-38(73)58(82)69(14)26-40(75)71(16)49(30(5)6)62(86)88-35(12)45(56(80)65-43)67-54(78)37-23-22-32(9)52-47(37)64-48-42(33(10)51(77)34(11)53(48)90-52)55(79)68-46-36(13)89-63(87)50(31(7)8)72(17)41(76)27-70(15)59(83)39-21-19-25-74(39)61(85)44(29(3)4)66-57(46)81/h22-23,28-31,35-36,38-39,43-46,49-50H,18-21,24-27H2,1-17H3,(H,65,80)(H,66,81)(H,67,78)(H,68,79). The maximum atomic E-state index is 15.3. The van der Waals surface area contributed by atoms with Crippen LogP contribution in [0.25, 0.3) is 22.6 Å². The largest absolute Gasteiger partial charge is 0.458 e. The minimum absolute atomic E-state index is 0.00494. The van der Waals surface area contributed by atoms with Crippen molar-refractivity contribution in [2.75, 3.05) is 54.4 Å². The summed E-state index contributed by atoms with van der Waals surface area (Å²) in [5, 5.41) is 10.8. The van der Waals surface area contributed by atoms with Gasteiger partial charge in [-0.3, -0.25) is 52.7 Å². The van der Waals surface area contributed by atoms with Gasteiger partial charge in [-0.25, -0.2) is 14.6 Å². The third-order valence-electron chi connectivity index (χ3n) is 17.7. The molecule has 0 spiro atoms. The first kappa shape index (κ1) is 69.0. The smallest absolute Gasteiger partial charge is 0.329 e. The molecule has 7 rings (SSSR count). The zero-order valence-electron chi connectivity index (χ0n) is 54.6. The fraction of sp³-hybridized carbons (Fsp3) is 0.619. The van der Waals surface area contributed by atoms with Crippen LogP contribution in [0.3, 0.4) is 0 Å². The van der Waals surface area contributed by atoms with Gasteiger partial charge in [-0.2, -0.15) is 0 Å². The van der Waals surface area contributed by atoms with Crippen LogP contribution >= 0.6 is 0 Å². The molecule has 0 radical (unpaired) electrons. The maximum absolute atomic E-state index is 15.3. The number of aryl methyl sites for hydroxylation is 1. The topological polar surface area (TPSA) is 334 Å². The summed E-state index contributed by atoms with van der Waals surface area (Å²) in [4.78, 5) is 200. The molecule has 4 N–H and O–H groups in total. The van der Waals surface area contributed by atoms with Crippen molar-refractivity contribution in [3.63, 3.8) is 0 Å². The molecule has 490 valence electrons. The maximum Gasteiger partial charge on any atom is 0.329 e. The van der Waals surface area contributed by atoms with Crippen molar-refractivity contribution in [3.8, 4) is 11.5 Å². The molecule has 0 saturated carbocycles. The summed E-state index contributed by atoms with van der Waals surface area (Å²) in [6.07, 6.45) is -1.56. The second kappa shape index (κ2) is 27.7. The van der Waals surface area contributed by atoms with E-state index in [1.165, 1.54) is 87.6 Å². The van der Waals surface area contributed by atoms with E-state index in [0.717, 1.165) is 9.80 Å². The highest BCUT2D eigenvalue weighted by Gasteiger charge is 2.46. The number of aromatic nitrogens is 1. The van der Waals surface area contributed by atoms with Gasteiger partial charge in [-0.05, 0) is 95.6 Å². The minimum atomic E-state index is -1.83. The lowest BCUT2D eigenvalue weighted by Crippen LogP contribution is -2.61. The Hall–Kier alpha value is -8.52. The molecule has 5 heterocycles. The molecule has 4 fully saturated rings. The van der Waals surface area contributed by atoms with Gasteiger partial charge in [-0.15, -0.1) is 0 Å². The van der Waals surface area contributed by atoms with E-state index in [1.807, 2.05) is 0 Å². The van der Waals surface area contributed by atoms with E-state index in [1.54, 1.807) is 62.3 Å². The molecule has 27 heteroatoms. The van der Waals surface area contributed by atoms with Crippen molar-refractivity contribution >= 4 is 82.1 Å². The van der Waals surface area contributed by atoms with Gasteiger partial charge >= 0.3 is 11.9 Å². The lowest BCUT2D eigenvalue weighted by atomic mass is 9.96. The summed E-state index contributed by atoms with van der Waals surface area (Å²) >= 11 is 0. The molecule has 0 aromatic heterocycles. The van der Waals surface area contributed by atoms with Crippen molar-refractivity contribution in [1.82, 2.24) is 55.7 Å². The normalized spacial score (nSPS) is 26.2. The monoisotopic (exact) mass is 1250 g/mol. The van der Waals surface area contributed by atoms with Crippen molar-refractivity contribution in [2.45, 2.75) is 176 Å². The summed E-state index contributed by atoms with van der Waals surface area (Å²) in [6.45, 7) is 20.0. The predicted octanol–water partition coefficient (Wildman–Crippen LogP) is 1.45. The number of hydrogen-bond acceptors (Lipinski definition) is 17. The van der Waals surface area contributed by atoms with Gasteiger partial charge in [0.2, 0.25) is 47.3 Å². The molecular weight excluding hydrogens is 1170 g/mol. The molecule has 1 aromatic carbocycles. The number of rotatable bonds is 8. The van der Waals surface area contributed by atoms with Gasteiger partial charge in [0.1, 0.15) is 71.8 Å². The molecular formula is C63H87N11O16. The highest BCUT2D eigenvalue weighted by molar-refractivity contribution is 6.09. The predicted molar refractivity (Wildman–Crippen MR) is 326 cm³/mol. The third kappa shape index (κ3) is 13.8. The highest BCUT2D eigenvalue weighted by Crippen LogP contribution is 2.35. The van der Waals surface area contributed by atoms with Crippen LogP contribution in [-0.4, -0.2) is 220 Å². The first-order chi connectivity index (χ1) is 42.1. The van der Waals surface area contributed by atoms with E-state index in [0.29, 0.717) is 24.8 Å². The number of nitrogens with zero attached hydrogens (tertiary/aromatic N) is 7. The molecule has 90 heavy (non-hydrogen) atoms. The Morgan fingerprint density at radius 3 is 1.41 bits per heavy atom. The molecule has 5 aliphatic heterocycles. The van der Waals surface area contributed by atoms with Gasteiger partial charge in [0.15, 0.2) is 16.8 Å². The lowest BCUT2D eigenvalue weighted by molar-refractivity contribution is -0.163. The van der Waals surface area contributed by atoms with Crippen LogP contribution in [0.4, 0.5) is 0 Å². The van der Waals surface area contributed by atoms with Gasteiger partial charge < -0.3 is 64.6 Å². The van der Waals surface area contributed by atoms with Crippen LogP contribution in [0.5, 0.6) is 0 Å². The summed E-state index contributed by atoms with van der Waals surface area (Å²) in [5.41, 5.74) is -1.63. The van der Waals surface area contributed by atoms with Crippen LogP contribution in [0.2, 0.25) is 0 Å². The Balaban J connectivity index is 1.32. The molecule has 27 nitrogen and oxygen atoms in total. The number of hydrogen-bond donors (Lipinski definition) is 4. The Kier molecular flexibility index (Phi) is 21.2. The van der Waals surface area contributed by atoms with Crippen molar-refractivity contribution < 1.29 is 71.4 Å². The lowest BCUT2D eigenvalue weighted by Gasteiger charge is -2.36. The number of carbonyl (C=O) groups excluding carboxylic acids is 12. The van der Waals surface area contributed by atoms with Crippen molar-refractivity contribution in [1.29, 1.82) is 0 Å². The quantitative estimate of drug-likeness (QED) is 0.183. The Labute approximate surface area is 523 Å². The third-order valence-corrected chi connectivity index (χ3v) is 17.7. The zero-order chi connectivity index (χ0) is 67.0. The van der Waals surface area contributed by atoms with E-state index in [9.17, 15) is 52.7 Å². The second-order valence-corrected chi connectivity index (χ2v) is 25.8. The van der Waals surface area contributed by atoms with Crippen LogP contribution in [0.1, 0.15) is 132 Å². The van der Waals surface area contributed by atoms with Crippen LogP contribution in [0, 0.1) is 44.4 Å². The van der Waals surface area contributed by atoms with Gasteiger partial charge in [0.05, 0.1) is 24.2 Å². The van der Waals surface area contributed by atoms with Crippen LogP contribution in [0.15, 0.2) is 21.3 Å². The first-order valence-corrected chi connectivity index (χ1v) is 30.7. The van der Waals surface area contributed by atoms with E-state index >= 15 is 9.59 Å². The Morgan fingerprint density at radius 2 is 1.00 bits per heavy atom. The summed E-state index contributed by atoms with van der Waals surface area (Å²) in [5.74, 6) is -11.9. The fourth-order valence-electron chi connectivity index (χ4n) is 12.5. The highest BCUT2D eigenvalue weighted by atomic mass is 16.6. The average Bonchev–Trinajstić information content (AvgIpc) is 0.893. The van der Waals surface area contributed by atoms with Crippen molar-refractivity contribution in [3.05, 3.63) is 50.2 Å². The summed E-state index contributed by atoms with van der Waals surface area (Å²) in [7, 11) is 5.62. The number of ether oxygens (including phenoxy) is 2. The molecule has 10 atom stereocenters. The van der Waals surface area contributed by atoms with Gasteiger partial charge in [-0.1, -0.05) is 61.5 Å². The molecule has 6 aliphatic rings. The SMILES string of the molecule is Cc1c2oc3c(C)ccc(C(=O)NC4C(=O)NC(C(C)C)C(=O)N5CCCC5C(=O)N(C)CC(=O)N(C)C(C(C)C)C(=O)OC4C)c3nc-2c(C(=O)NC2C(=O)NC(C(C)C)C(=O)N3CCCC3C(=O)N(C)CC(=O)N(C)C(C(C)C)C(=O)OC2C)c(C)c1=O. The van der Waals surface area contributed by atoms with Crippen LogP contribution in [-0.2, 0) is 57.4 Å². The number of nitrogens with one attached hydrogen (secondary N) is 4.